The number of amides is 2. The predicted molar refractivity (Wildman–Crippen MR) is 93.2 cm³/mol. The van der Waals surface area contributed by atoms with Gasteiger partial charge in [0, 0.05) is 18.2 Å². The summed E-state index contributed by atoms with van der Waals surface area (Å²) in [6.07, 6.45) is -4.73. The van der Waals surface area contributed by atoms with E-state index < -0.39 is 29.2 Å². The van der Waals surface area contributed by atoms with Crippen molar-refractivity contribution in [3.8, 4) is 11.5 Å². The molecule has 0 aromatic heterocycles. The fourth-order valence-electron chi connectivity index (χ4n) is 2.34. The summed E-state index contributed by atoms with van der Waals surface area (Å²) >= 11 is 0. The lowest BCUT2D eigenvalue weighted by molar-refractivity contribution is -0.137. The molecule has 0 aliphatic carbocycles. The van der Waals surface area contributed by atoms with Crippen molar-refractivity contribution in [2.45, 2.75) is 13.1 Å². The number of halogens is 3. The third-order valence-electron chi connectivity index (χ3n) is 3.54. The van der Waals surface area contributed by atoms with E-state index in [0.717, 1.165) is 12.1 Å². The Hall–Kier alpha value is -3.23. The van der Waals surface area contributed by atoms with Gasteiger partial charge in [0.1, 0.15) is 0 Å². The molecule has 2 aromatic rings. The fourth-order valence-corrected chi connectivity index (χ4v) is 2.34. The van der Waals surface area contributed by atoms with Crippen molar-refractivity contribution >= 4 is 23.2 Å². The summed E-state index contributed by atoms with van der Waals surface area (Å²) in [6.45, 7) is 1.18. The molecule has 0 atom stereocenters. The molecule has 0 aliphatic heterocycles. The number of anilines is 2. The Bertz CT molecular complexity index is 866. The van der Waals surface area contributed by atoms with E-state index in [1.54, 1.807) is 0 Å². The molecule has 27 heavy (non-hydrogen) atoms. The Morgan fingerprint density at radius 3 is 2.15 bits per heavy atom. The summed E-state index contributed by atoms with van der Waals surface area (Å²) in [5, 5.41) is 4.51. The average Bonchev–Trinajstić information content (AvgIpc) is 2.60. The highest BCUT2D eigenvalue weighted by Crippen LogP contribution is 2.37. The number of nitrogens with one attached hydrogen (secondary N) is 2. The van der Waals surface area contributed by atoms with E-state index in [1.807, 2.05) is 0 Å². The van der Waals surface area contributed by atoms with E-state index in [-0.39, 0.29) is 17.0 Å². The van der Waals surface area contributed by atoms with Crippen molar-refractivity contribution in [2.24, 2.45) is 0 Å². The summed E-state index contributed by atoms with van der Waals surface area (Å²) in [5.74, 6) is -0.620. The molecule has 0 aliphatic rings. The average molecular weight is 382 g/mol. The van der Waals surface area contributed by atoms with Crippen LogP contribution in [-0.4, -0.2) is 26.0 Å². The van der Waals surface area contributed by atoms with E-state index >= 15 is 0 Å². The zero-order valence-corrected chi connectivity index (χ0v) is 14.7. The Morgan fingerprint density at radius 2 is 1.59 bits per heavy atom. The molecule has 2 N–H and O–H groups in total. The first-order valence-corrected chi connectivity index (χ1v) is 7.68. The minimum Gasteiger partial charge on any atom is -0.493 e. The number of ether oxygens (including phenoxy) is 2. The van der Waals surface area contributed by atoms with Crippen LogP contribution in [0.3, 0.4) is 0 Å². The molecule has 0 saturated carbocycles. The van der Waals surface area contributed by atoms with Gasteiger partial charge in [-0.25, -0.2) is 0 Å². The lowest BCUT2D eigenvalue weighted by Gasteiger charge is -2.16. The molecule has 0 radical (unpaired) electrons. The first kappa shape index (κ1) is 20.1. The van der Waals surface area contributed by atoms with E-state index in [9.17, 15) is 22.8 Å². The van der Waals surface area contributed by atoms with Gasteiger partial charge in [0.15, 0.2) is 11.5 Å². The molecule has 2 rings (SSSR count). The maximum absolute atomic E-state index is 13.3. The highest BCUT2D eigenvalue weighted by Gasteiger charge is 2.34. The van der Waals surface area contributed by atoms with Crippen LogP contribution in [0.2, 0.25) is 0 Å². The van der Waals surface area contributed by atoms with Gasteiger partial charge in [0.2, 0.25) is 5.91 Å². The van der Waals surface area contributed by atoms with Crippen molar-refractivity contribution in [2.75, 3.05) is 24.9 Å². The van der Waals surface area contributed by atoms with E-state index in [1.165, 1.54) is 45.4 Å². The van der Waals surface area contributed by atoms with Crippen LogP contribution in [0.25, 0.3) is 0 Å². The second-order valence-corrected chi connectivity index (χ2v) is 5.46. The standard InChI is InChI=1S/C18H17F3N2O4/c1-10(24)22-12-5-6-14(13(9-12)18(19,20)21)23-17(25)11-4-7-15(26-2)16(8-11)27-3/h4-9H,1-3H3,(H,22,24)(H,23,25). The summed E-state index contributed by atoms with van der Waals surface area (Å²) in [6, 6.07) is 7.32. The van der Waals surface area contributed by atoms with Crippen molar-refractivity contribution < 1.29 is 32.2 Å². The van der Waals surface area contributed by atoms with Gasteiger partial charge in [-0.1, -0.05) is 0 Å². The number of methoxy groups -OCH3 is 2. The van der Waals surface area contributed by atoms with Gasteiger partial charge >= 0.3 is 6.18 Å². The first-order valence-electron chi connectivity index (χ1n) is 7.68. The van der Waals surface area contributed by atoms with Gasteiger partial charge in [-0.2, -0.15) is 13.2 Å². The topological polar surface area (TPSA) is 76.7 Å². The highest BCUT2D eigenvalue weighted by atomic mass is 19.4. The van der Waals surface area contributed by atoms with E-state index in [2.05, 4.69) is 10.6 Å². The second kappa shape index (κ2) is 7.98. The van der Waals surface area contributed by atoms with Crippen LogP contribution in [0.4, 0.5) is 24.5 Å². The third-order valence-corrected chi connectivity index (χ3v) is 3.54. The summed E-state index contributed by atoms with van der Waals surface area (Å²) < 4.78 is 50.1. The number of alkyl halides is 3. The van der Waals surface area contributed by atoms with Crippen molar-refractivity contribution in [3.63, 3.8) is 0 Å². The van der Waals surface area contributed by atoms with Gasteiger partial charge in [-0.15, -0.1) is 0 Å². The largest absolute Gasteiger partial charge is 0.493 e. The van der Waals surface area contributed by atoms with Gasteiger partial charge in [-0.3, -0.25) is 9.59 Å². The Morgan fingerprint density at radius 1 is 0.926 bits per heavy atom. The fraction of sp³-hybridized carbons (Fsp3) is 0.222. The van der Waals surface area contributed by atoms with Gasteiger partial charge < -0.3 is 20.1 Å². The van der Waals surface area contributed by atoms with Crippen molar-refractivity contribution in [1.82, 2.24) is 0 Å². The van der Waals surface area contributed by atoms with Crippen LogP contribution in [0.5, 0.6) is 11.5 Å². The minimum absolute atomic E-state index is 0.0288. The molecule has 0 spiro atoms. The van der Waals surface area contributed by atoms with Crippen molar-refractivity contribution in [3.05, 3.63) is 47.5 Å². The predicted octanol–water partition coefficient (Wildman–Crippen LogP) is 3.93. The van der Waals surface area contributed by atoms with Gasteiger partial charge in [-0.05, 0) is 36.4 Å². The quantitative estimate of drug-likeness (QED) is 0.822. The molecule has 0 fully saturated rings. The Balaban J connectivity index is 2.35. The second-order valence-electron chi connectivity index (χ2n) is 5.46. The molecule has 0 heterocycles. The molecule has 0 bridgehead atoms. The summed E-state index contributed by atoms with van der Waals surface area (Å²) in [7, 11) is 2.80. The lowest BCUT2D eigenvalue weighted by atomic mass is 10.1. The zero-order chi connectivity index (χ0) is 20.2. The Labute approximate surface area is 153 Å². The number of hydrogen-bond acceptors (Lipinski definition) is 4. The molecule has 0 unspecified atom stereocenters. The van der Waals surface area contributed by atoms with Crippen LogP contribution in [-0.2, 0) is 11.0 Å². The molecule has 2 aromatic carbocycles. The van der Waals surface area contributed by atoms with Gasteiger partial charge in [0.05, 0.1) is 25.5 Å². The number of carbonyl (C=O) groups is 2. The van der Waals surface area contributed by atoms with Crippen LogP contribution >= 0.6 is 0 Å². The smallest absolute Gasteiger partial charge is 0.418 e. The van der Waals surface area contributed by atoms with E-state index in [0.29, 0.717) is 5.75 Å². The zero-order valence-electron chi connectivity index (χ0n) is 14.7. The number of carbonyl (C=O) groups excluding carboxylic acids is 2. The minimum atomic E-state index is -4.73. The monoisotopic (exact) mass is 382 g/mol. The molecule has 0 saturated heterocycles. The van der Waals surface area contributed by atoms with Crippen LogP contribution in [0.1, 0.15) is 22.8 Å². The molecular formula is C18H17F3N2O4. The van der Waals surface area contributed by atoms with Crippen LogP contribution < -0.4 is 20.1 Å². The lowest BCUT2D eigenvalue weighted by Crippen LogP contribution is -2.17. The maximum Gasteiger partial charge on any atom is 0.418 e. The molecule has 9 heteroatoms. The van der Waals surface area contributed by atoms with Crippen LogP contribution in [0.15, 0.2) is 36.4 Å². The van der Waals surface area contributed by atoms with E-state index in [4.69, 9.17) is 9.47 Å². The number of rotatable bonds is 5. The Kier molecular flexibility index (Phi) is 5.94. The normalized spacial score (nSPS) is 10.9. The summed E-state index contributed by atoms with van der Waals surface area (Å²) in [5.41, 5.74) is -1.45. The van der Waals surface area contributed by atoms with Gasteiger partial charge in [0.25, 0.3) is 5.91 Å². The SMILES string of the molecule is COc1ccc(C(=O)Nc2ccc(NC(C)=O)cc2C(F)(F)F)cc1OC. The molecule has 6 nitrogen and oxygen atoms in total. The third kappa shape index (κ3) is 4.90. The molecule has 2 amide bonds. The number of benzene rings is 2. The number of hydrogen-bond donors (Lipinski definition) is 2. The first-order chi connectivity index (χ1) is 12.7. The summed E-state index contributed by atoms with van der Waals surface area (Å²) in [4.78, 5) is 23.4. The molecular weight excluding hydrogens is 365 g/mol. The van der Waals surface area contributed by atoms with Crippen molar-refractivity contribution in [1.29, 1.82) is 0 Å². The highest BCUT2D eigenvalue weighted by molar-refractivity contribution is 6.05. The van der Waals surface area contributed by atoms with Crippen LogP contribution in [0, 0.1) is 0 Å². The maximum atomic E-state index is 13.3. The molecule has 144 valence electrons.